The number of rotatable bonds is 6. The lowest BCUT2D eigenvalue weighted by molar-refractivity contribution is -0.123. The Hall–Kier alpha value is -3.09. The van der Waals surface area contributed by atoms with Crippen molar-refractivity contribution in [3.63, 3.8) is 0 Å². The maximum Gasteiger partial charge on any atom is 0.253 e. The average Bonchev–Trinajstić information content (AvgIpc) is 3.26. The molecule has 2 aliphatic rings. The summed E-state index contributed by atoms with van der Waals surface area (Å²) < 4.78 is 23.8. The van der Waals surface area contributed by atoms with Crippen molar-refractivity contribution in [2.45, 2.75) is 32.7 Å². The topological polar surface area (TPSA) is 67.9 Å². The number of ether oxygens (including phenoxy) is 2. The molecule has 1 N–H and O–H groups in total. The molecule has 0 radical (unpaired) electrons. The van der Waals surface area contributed by atoms with Gasteiger partial charge in [-0.15, -0.1) is 0 Å². The summed E-state index contributed by atoms with van der Waals surface area (Å²) in [5.41, 5.74) is 1.46. The van der Waals surface area contributed by atoms with Gasteiger partial charge in [-0.05, 0) is 60.2 Å². The Balaban J connectivity index is 1.29. The molecule has 0 bridgehead atoms. The number of carbonyl (C=O) groups excluding carboxylic acids is 2. The molecule has 2 amide bonds. The third-order valence-electron chi connectivity index (χ3n) is 6.17. The van der Waals surface area contributed by atoms with E-state index < -0.39 is 0 Å². The van der Waals surface area contributed by atoms with Gasteiger partial charge in [-0.1, -0.05) is 19.4 Å². The van der Waals surface area contributed by atoms with Gasteiger partial charge in [-0.3, -0.25) is 9.59 Å². The Kier molecular flexibility index (Phi) is 6.39. The number of fused-ring (bicyclic) bond motifs is 1. The summed E-state index contributed by atoms with van der Waals surface area (Å²) in [4.78, 5) is 27.1. The fraction of sp³-hybridized carbons (Fsp3) is 0.417. The van der Waals surface area contributed by atoms with E-state index in [2.05, 4.69) is 12.2 Å². The van der Waals surface area contributed by atoms with Gasteiger partial charge in [0.2, 0.25) is 12.7 Å². The second-order valence-electron chi connectivity index (χ2n) is 8.14. The lowest BCUT2D eigenvalue weighted by Gasteiger charge is -2.38. The molecular formula is C24H27FN2O4. The largest absolute Gasteiger partial charge is 0.454 e. The zero-order valence-electron chi connectivity index (χ0n) is 17.6. The molecule has 0 aromatic heterocycles. The predicted molar refractivity (Wildman–Crippen MR) is 113 cm³/mol. The molecule has 0 aliphatic carbocycles. The minimum absolute atomic E-state index is 0.0134. The summed E-state index contributed by atoms with van der Waals surface area (Å²) in [6.07, 6.45) is 2.12. The number of likely N-dealkylation sites (tertiary alicyclic amines) is 1. The molecule has 164 valence electrons. The van der Waals surface area contributed by atoms with Crippen LogP contribution in [0.1, 0.15) is 42.1 Å². The minimum atomic E-state index is -0.353. The molecule has 0 saturated carbocycles. The molecule has 2 aromatic rings. The Morgan fingerprint density at radius 2 is 1.87 bits per heavy atom. The maximum atomic E-state index is 13.1. The van der Waals surface area contributed by atoms with Crippen molar-refractivity contribution in [2.24, 2.45) is 11.8 Å². The average molecular weight is 426 g/mol. The highest BCUT2D eigenvalue weighted by molar-refractivity contribution is 5.94. The normalized spacial score (nSPS) is 19.9. The van der Waals surface area contributed by atoms with Gasteiger partial charge in [0.15, 0.2) is 11.5 Å². The standard InChI is InChI=1S/C24H27FN2O4/c1-2-17-14-27(24(29)18-4-6-20(25)7-5-18)10-9-19(17)12-23(28)26-13-16-3-8-21-22(11-16)31-15-30-21/h3-8,11,17,19H,2,9-10,12-15H2,1H3,(H,26,28)/t17-,19-/m0/s1. The Labute approximate surface area is 181 Å². The number of nitrogens with one attached hydrogen (secondary N) is 1. The third-order valence-corrected chi connectivity index (χ3v) is 6.17. The first-order valence-corrected chi connectivity index (χ1v) is 10.7. The van der Waals surface area contributed by atoms with Gasteiger partial charge in [0.25, 0.3) is 5.91 Å². The van der Waals surface area contributed by atoms with Gasteiger partial charge in [0, 0.05) is 31.6 Å². The molecule has 4 rings (SSSR count). The zero-order valence-corrected chi connectivity index (χ0v) is 17.6. The highest BCUT2D eigenvalue weighted by Crippen LogP contribution is 2.33. The molecule has 1 fully saturated rings. The SMILES string of the molecule is CC[C@H]1CN(C(=O)c2ccc(F)cc2)CC[C@H]1CC(=O)NCc1ccc2c(c1)OCO2. The molecule has 7 heteroatoms. The molecule has 2 heterocycles. The second kappa shape index (κ2) is 9.37. The summed E-state index contributed by atoms with van der Waals surface area (Å²) in [5, 5.41) is 3.00. The molecule has 0 spiro atoms. The van der Waals surface area contributed by atoms with Crippen molar-refractivity contribution in [2.75, 3.05) is 19.9 Å². The fourth-order valence-corrected chi connectivity index (χ4v) is 4.33. The number of hydrogen-bond acceptors (Lipinski definition) is 4. The van der Waals surface area contributed by atoms with Crippen molar-refractivity contribution >= 4 is 11.8 Å². The van der Waals surface area contributed by atoms with Crippen LogP contribution in [-0.4, -0.2) is 36.6 Å². The molecule has 2 atom stereocenters. The Morgan fingerprint density at radius 1 is 1.10 bits per heavy atom. The van der Waals surface area contributed by atoms with Gasteiger partial charge in [-0.25, -0.2) is 4.39 Å². The lowest BCUT2D eigenvalue weighted by atomic mass is 9.81. The van der Waals surface area contributed by atoms with Gasteiger partial charge >= 0.3 is 0 Å². The minimum Gasteiger partial charge on any atom is -0.454 e. The number of piperidine rings is 1. The molecule has 2 aliphatic heterocycles. The first-order valence-electron chi connectivity index (χ1n) is 10.7. The van der Waals surface area contributed by atoms with Crippen LogP contribution in [0.2, 0.25) is 0 Å². The molecule has 2 aromatic carbocycles. The van der Waals surface area contributed by atoms with Crippen LogP contribution in [0.15, 0.2) is 42.5 Å². The van der Waals surface area contributed by atoms with Crippen LogP contribution in [0.3, 0.4) is 0 Å². The number of nitrogens with zero attached hydrogens (tertiary/aromatic N) is 1. The van der Waals surface area contributed by atoms with Gasteiger partial charge in [-0.2, -0.15) is 0 Å². The molecular weight excluding hydrogens is 399 g/mol. The van der Waals surface area contributed by atoms with Crippen LogP contribution >= 0.6 is 0 Å². The fourth-order valence-electron chi connectivity index (χ4n) is 4.33. The van der Waals surface area contributed by atoms with E-state index in [-0.39, 0.29) is 36.3 Å². The van der Waals surface area contributed by atoms with Crippen molar-refractivity contribution in [3.8, 4) is 11.5 Å². The summed E-state index contributed by atoms with van der Waals surface area (Å²) in [6.45, 7) is 3.98. The number of hydrogen-bond donors (Lipinski definition) is 1. The van der Waals surface area contributed by atoms with Crippen molar-refractivity contribution in [3.05, 3.63) is 59.4 Å². The predicted octanol–water partition coefficient (Wildman–Crippen LogP) is 3.75. The summed E-state index contributed by atoms with van der Waals surface area (Å²) in [5.74, 6) is 1.50. The van der Waals surface area contributed by atoms with Crippen LogP contribution in [0.5, 0.6) is 11.5 Å². The van der Waals surface area contributed by atoms with E-state index in [9.17, 15) is 14.0 Å². The third kappa shape index (κ3) is 4.98. The van der Waals surface area contributed by atoms with Gasteiger partial charge in [0.1, 0.15) is 5.82 Å². The van der Waals surface area contributed by atoms with Crippen LogP contribution in [0.25, 0.3) is 0 Å². The van der Waals surface area contributed by atoms with Crippen LogP contribution in [0, 0.1) is 17.7 Å². The smallest absolute Gasteiger partial charge is 0.253 e. The molecule has 0 unspecified atom stereocenters. The zero-order chi connectivity index (χ0) is 21.8. The van der Waals surface area contributed by atoms with Crippen molar-refractivity contribution < 1.29 is 23.5 Å². The number of benzene rings is 2. The Morgan fingerprint density at radius 3 is 2.65 bits per heavy atom. The Bertz CT molecular complexity index is 947. The first kappa shape index (κ1) is 21.2. The van der Waals surface area contributed by atoms with Crippen LogP contribution in [0.4, 0.5) is 4.39 Å². The van der Waals surface area contributed by atoms with E-state index in [1.54, 1.807) is 0 Å². The van der Waals surface area contributed by atoms with E-state index in [4.69, 9.17) is 9.47 Å². The van der Waals surface area contributed by atoms with Crippen LogP contribution < -0.4 is 14.8 Å². The summed E-state index contributed by atoms with van der Waals surface area (Å²) in [6, 6.07) is 11.3. The number of amides is 2. The van der Waals surface area contributed by atoms with Gasteiger partial charge in [0.05, 0.1) is 0 Å². The quantitative estimate of drug-likeness (QED) is 0.764. The van der Waals surface area contributed by atoms with E-state index in [1.807, 2.05) is 23.1 Å². The van der Waals surface area contributed by atoms with E-state index in [1.165, 1.54) is 24.3 Å². The van der Waals surface area contributed by atoms with Gasteiger partial charge < -0.3 is 19.7 Å². The first-order chi connectivity index (χ1) is 15.0. The summed E-state index contributed by atoms with van der Waals surface area (Å²) >= 11 is 0. The summed E-state index contributed by atoms with van der Waals surface area (Å²) in [7, 11) is 0. The van der Waals surface area contributed by atoms with Crippen molar-refractivity contribution in [1.29, 1.82) is 0 Å². The van der Waals surface area contributed by atoms with Crippen molar-refractivity contribution in [1.82, 2.24) is 10.2 Å². The van der Waals surface area contributed by atoms with E-state index >= 15 is 0 Å². The number of halogens is 1. The highest BCUT2D eigenvalue weighted by Gasteiger charge is 2.32. The highest BCUT2D eigenvalue weighted by atomic mass is 19.1. The second-order valence-corrected chi connectivity index (χ2v) is 8.14. The lowest BCUT2D eigenvalue weighted by Crippen LogP contribution is -2.44. The van der Waals surface area contributed by atoms with Crippen LogP contribution in [-0.2, 0) is 11.3 Å². The number of carbonyl (C=O) groups is 2. The van der Waals surface area contributed by atoms with E-state index in [0.29, 0.717) is 37.4 Å². The van der Waals surface area contributed by atoms with E-state index in [0.717, 1.165) is 24.2 Å². The molecule has 6 nitrogen and oxygen atoms in total. The molecule has 31 heavy (non-hydrogen) atoms. The monoisotopic (exact) mass is 426 g/mol. The maximum absolute atomic E-state index is 13.1. The molecule has 1 saturated heterocycles.